The molecule has 0 aromatic heterocycles. The average Bonchev–Trinajstić information content (AvgIpc) is 2.68. The third kappa shape index (κ3) is 3.42. The minimum absolute atomic E-state index is 0.110. The number of hydrogen-bond donors (Lipinski definition) is 1. The Hall–Kier alpha value is -0.690. The van der Waals surface area contributed by atoms with Crippen LogP contribution in [0.3, 0.4) is 0 Å². The molecule has 6 heteroatoms. The van der Waals surface area contributed by atoms with Gasteiger partial charge in [-0.25, -0.2) is 4.79 Å². The first-order chi connectivity index (χ1) is 7.21. The molecule has 1 fully saturated rings. The Kier molecular flexibility index (Phi) is 4.97. The molecule has 1 aliphatic heterocycles. The Balaban J connectivity index is 2.30. The topological polar surface area (TPSA) is 74.2 Å². The molecule has 3 atom stereocenters. The highest BCUT2D eigenvalue weighted by molar-refractivity contribution is 5.70. The van der Waals surface area contributed by atoms with Crippen LogP contribution in [-0.4, -0.2) is 57.0 Å². The molecule has 0 spiro atoms. The summed E-state index contributed by atoms with van der Waals surface area (Å²) in [6, 6.07) is 0. The fourth-order valence-electron chi connectivity index (χ4n) is 1.46. The number of aliphatic hydroxyl groups excluding tert-OH is 1. The SMILES string of the molecule is COC1C[C@@H](COC(=O)CO)O[C@H]1OC. The zero-order valence-corrected chi connectivity index (χ0v) is 8.84. The van der Waals surface area contributed by atoms with E-state index in [-0.39, 0.29) is 18.8 Å². The van der Waals surface area contributed by atoms with Crippen molar-refractivity contribution < 1.29 is 28.8 Å². The number of aliphatic hydroxyl groups is 1. The molecule has 1 rings (SSSR count). The molecular formula is C9H16O6. The normalized spacial score (nSPS) is 30.5. The molecule has 1 aliphatic rings. The predicted molar refractivity (Wildman–Crippen MR) is 49.1 cm³/mol. The van der Waals surface area contributed by atoms with Crippen molar-refractivity contribution in [3.05, 3.63) is 0 Å². The number of hydrogen-bond acceptors (Lipinski definition) is 6. The second kappa shape index (κ2) is 6.02. The van der Waals surface area contributed by atoms with Gasteiger partial charge in [0.1, 0.15) is 19.3 Å². The van der Waals surface area contributed by atoms with E-state index in [1.807, 2.05) is 0 Å². The molecule has 0 aromatic carbocycles. The van der Waals surface area contributed by atoms with Crippen molar-refractivity contribution >= 4 is 5.97 Å². The smallest absolute Gasteiger partial charge is 0.331 e. The van der Waals surface area contributed by atoms with Crippen molar-refractivity contribution in [2.24, 2.45) is 0 Å². The van der Waals surface area contributed by atoms with Crippen molar-refractivity contribution in [2.45, 2.75) is 24.9 Å². The van der Waals surface area contributed by atoms with E-state index >= 15 is 0 Å². The molecule has 0 radical (unpaired) electrons. The van der Waals surface area contributed by atoms with E-state index < -0.39 is 18.9 Å². The van der Waals surface area contributed by atoms with Crippen molar-refractivity contribution in [1.82, 2.24) is 0 Å². The van der Waals surface area contributed by atoms with Gasteiger partial charge in [-0.3, -0.25) is 0 Å². The number of ether oxygens (including phenoxy) is 4. The van der Waals surface area contributed by atoms with Gasteiger partial charge >= 0.3 is 5.97 Å². The third-order valence-electron chi connectivity index (χ3n) is 2.22. The molecule has 0 amide bonds. The Morgan fingerprint density at radius 1 is 1.47 bits per heavy atom. The first kappa shape index (κ1) is 12.4. The molecule has 1 unspecified atom stereocenters. The summed E-state index contributed by atoms with van der Waals surface area (Å²) >= 11 is 0. The van der Waals surface area contributed by atoms with Crippen LogP contribution >= 0.6 is 0 Å². The van der Waals surface area contributed by atoms with E-state index in [0.29, 0.717) is 6.42 Å². The van der Waals surface area contributed by atoms with E-state index in [0.717, 1.165) is 0 Å². The Labute approximate surface area is 88.1 Å². The lowest BCUT2D eigenvalue weighted by atomic mass is 10.2. The lowest BCUT2D eigenvalue weighted by molar-refractivity contribution is -0.169. The van der Waals surface area contributed by atoms with Gasteiger partial charge in [0.2, 0.25) is 0 Å². The third-order valence-corrected chi connectivity index (χ3v) is 2.22. The van der Waals surface area contributed by atoms with Crippen LogP contribution in [0.2, 0.25) is 0 Å². The summed E-state index contributed by atoms with van der Waals surface area (Å²) in [4.78, 5) is 10.7. The van der Waals surface area contributed by atoms with Gasteiger partial charge in [0.25, 0.3) is 0 Å². The van der Waals surface area contributed by atoms with E-state index in [1.54, 1.807) is 7.11 Å². The van der Waals surface area contributed by atoms with Gasteiger partial charge in [-0.15, -0.1) is 0 Å². The largest absolute Gasteiger partial charge is 0.461 e. The van der Waals surface area contributed by atoms with Crippen molar-refractivity contribution in [3.8, 4) is 0 Å². The number of carbonyl (C=O) groups excluding carboxylic acids is 1. The molecule has 15 heavy (non-hydrogen) atoms. The first-order valence-corrected chi connectivity index (χ1v) is 4.68. The highest BCUT2D eigenvalue weighted by Crippen LogP contribution is 2.23. The molecule has 0 saturated carbocycles. The van der Waals surface area contributed by atoms with E-state index in [2.05, 4.69) is 0 Å². The second-order valence-electron chi connectivity index (χ2n) is 3.21. The number of esters is 1. The summed E-state index contributed by atoms with van der Waals surface area (Å²) in [5.74, 6) is -0.659. The Morgan fingerprint density at radius 3 is 2.67 bits per heavy atom. The predicted octanol–water partition coefficient (Wildman–Crippen LogP) is -0.702. The maximum absolute atomic E-state index is 10.7. The van der Waals surface area contributed by atoms with Crippen LogP contribution in [0, 0.1) is 0 Å². The molecule has 0 aromatic rings. The van der Waals surface area contributed by atoms with Crippen LogP contribution < -0.4 is 0 Å². The molecular weight excluding hydrogens is 204 g/mol. The quantitative estimate of drug-likeness (QED) is 0.617. The van der Waals surface area contributed by atoms with Crippen molar-refractivity contribution in [1.29, 1.82) is 0 Å². The summed E-state index contributed by atoms with van der Waals surface area (Å²) in [6.45, 7) is -0.507. The van der Waals surface area contributed by atoms with Gasteiger partial charge in [0, 0.05) is 20.6 Å². The monoisotopic (exact) mass is 220 g/mol. The van der Waals surface area contributed by atoms with Crippen molar-refractivity contribution in [3.63, 3.8) is 0 Å². The number of methoxy groups -OCH3 is 2. The van der Waals surface area contributed by atoms with Crippen LogP contribution in [0.25, 0.3) is 0 Å². The minimum atomic E-state index is -0.659. The average molecular weight is 220 g/mol. The van der Waals surface area contributed by atoms with Gasteiger partial charge in [0.15, 0.2) is 6.29 Å². The summed E-state index contributed by atoms with van der Waals surface area (Å²) in [7, 11) is 3.10. The van der Waals surface area contributed by atoms with Crippen LogP contribution in [-0.2, 0) is 23.7 Å². The molecule has 0 bridgehead atoms. The fourth-order valence-corrected chi connectivity index (χ4v) is 1.46. The summed E-state index contributed by atoms with van der Waals surface area (Å²) in [5, 5.41) is 8.44. The first-order valence-electron chi connectivity index (χ1n) is 4.68. The molecule has 1 heterocycles. The van der Waals surface area contributed by atoms with Gasteiger partial charge in [-0.2, -0.15) is 0 Å². The van der Waals surface area contributed by atoms with E-state index in [1.165, 1.54) is 7.11 Å². The van der Waals surface area contributed by atoms with E-state index in [4.69, 9.17) is 24.1 Å². The van der Waals surface area contributed by atoms with Crippen LogP contribution in [0.4, 0.5) is 0 Å². The van der Waals surface area contributed by atoms with Crippen molar-refractivity contribution in [2.75, 3.05) is 27.4 Å². The molecule has 6 nitrogen and oxygen atoms in total. The molecule has 1 N–H and O–H groups in total. The van der Waals surface area contributed by atoms with Gasteiger partial charge in [-0.05, 0) is 0 Å². The highest BCUT2D eigenvalue weighted by Gasteiger charge is 2.36. The maximum Gasteiger partial charge on any atom is 0.331 e. The molecule has 0 aliphatic carbocycles. The maximum atomic E-state index is 10.7. The Bertz CT molecular complexity index is 195. The van der Waals surface area contributed by atoms with Gasteiger partial charge < -0.3 is 24.1 Å². The van der Waals surface area contributed by atoms with Gasteiger partial charge in [0.05, 0.1) is 6.10 Å². The summed E-state index contributed by atoms with van der Waals surface area (Å²) < 4.78 is 20.3. The zero-order valence-electron chi connectivity index (χ0n) is 8.84. The lowest BCUT2D eigenvalue weighted by Crippen LogP contribution is -2.24. The number of carbonyl (C=O) groups is 1. The summed E-state index contributed by atoms with van der Waals surface area (Å²) in [5.41, 5.74) is 0. The lowest BCUT2D eigenvalue weighted by Gasteiger charge is -2.14. The van der Waals surface area contributed by atoms with Crippen LogP contribution in [0.5, 0.6) is 0 Å². The van der Waals surface area contributed by atoms with Crippen LogP contribution in [0.15, 0.2) is 0 Å². The minimum Gasteiger partial charge on any atom is -0.461 e. The fraction of sp³-hybridized carbons (Fsp3) is 0.889. The highest BCUT2D eigenvalue weighted by atomic mass is 16.7. The van der Waals surface area contributed by atoms with Crippen LogP contribution in [0.1, 0.15) is 6.42 Å². The van der Waals surface area contributed by atoms with E-state index in [9.17, 15) is 4.79 Å². The Morgan fingerprint density at radius 2 is 2.20 bits per heavy atom. The van der Waals surface area contributed by atoms with Gasteiger partial charge in [-0.1, -0.05) is 0 Å². The standard InChI is InChI=1S/C9H16O6/c1-12-7-3-6(15-9(7)13-2)5-14-8(11)4-10/h6-7,9-10H,3-5H2,1-2H3/t6-,7?,9+/m0/s1. The molecule has 1 saturated heterocycles. The molecule has 88 valence electrons. The summed E-state index contributed by atoms with van der Waals surface area (Å²) in [6.07, 6.45) is -0.204. The number of rotatable bonds is 5. The zero-order chi connectivity index (χ0) is 11.3. The second-order valence-corrected chi connectivity index (χ2v) is 3.21.